The van der Waals surface area contributed by atoms with E-state index in [1.54, 1.807) is 13.8 Å². The number of hydrogen-bond donors (Lipinski definition) is 2. The molecule has 2 aromatic carbocycles. The van der Waals surface area contributed by atoms with Gasteiger partial charge in [0.05, 0.1) is 19.5 Å². The van der Waals surface area contributed by atoms with Crippen molar-refractivity contribution in [2.45, 2.75) is 32.7 Å². The third-order valence-electron chi connectivity index (χ3n) is 5.12. The van der Waals surface area contributed by atoms with Crippen molar-refractivity contribution in [3.63, 3.8) is 0 Å². The topological polar surface area (TPSA) is 85.9 Å². The van der Waals surface area contributed by atoms with E-state index in [9.17, 15) is 9.36 Å². The molecular weight excluding hydrogens is 415 g/mol. The van der Waals surface area contributed by atoms with Gasteiger partial charge in [-0.15, -0.1) is 0 Å². The fourth-order valence-corrected chi connectivity index (χ4v) is 5.28. The number of amides is 1. The molecular formula is C23H31N2O5P. The van der Waals surface area contributed by atoms with Crippen LogP contribution in [0, 0.1) is 0 Å². The van der Waals surface area contributed by atoms with Crippen molar-refractivity contribution < 1.29 is 23.1 Å². The Morgan fingerprint density at radius 2 is 1.55 bits per heavy atom. The van der Waals surface area contributed by atoms with Crippen LogP contribution in [0.15, 0.2) is 48.5 Å². The molecule has 0 saturated heterocycles. The van der Waals surface area contributed by atoms with E-state index < -0.39 is 13.7 Å². The zero-order valence-corrected chi connectivity index (χ0v) is 19.2. The number of fused-ring (bicyclic) bond motifs is 3. The first-order chi connectivity index (χ1) is 15.0. The van der Waals surface area contributed by atoms with E-state index in [2.05, 4.69) is 34.9 Å². The maximum Gasteiger partial charge on any atom is 0.407 e. The van der Waals surface area contributed by atoms with Crippen LogP contribution in [0.2, 0.25) is 0 Å². The van der Waals surface area contributed by atoms with Crippen molar-refractivity contribution in [2.75, 3.05) is 32.7 Å². The van der Waals surface area contributed by atoms with E-state index in [0.29, 0.717) is 19.8 Å². The Balaban J connectivity index is 1.49. The molecule has 0 saturated carbocycles. The van der Waals surface area contributed by atoms with Crippen LogP contribution in [0.1, 0.15) is 37.8 Å². The van der Waals surface area contributed by atoms with Gasteiger partial charge < -0.3 is 24.4 Å². The van der Waals surface area contributed by atoms with Gasteiger partial charge >= 0.3 is 13.7 Å². The quantitative estimate of drug-likeness (QED) is 0.486. The minimum Gasteiger partial charge on any atom is -0.449 e. The number of rotatable bonds is 11. The summed E-state index contributed by atoms with van der Waals surface area (Å²) in [5, 5.41) is 5.85. The molecule has 0 radical (unpaired) electrons. The van der Waals surface area contributed by atoms with Crippen LogP contribution in [-0.4, -0.2) is 44.8 Å². The van der Waals surface area contributed by atoms with Gasteiger partial charge in [0.1, 0.15) is 6.61 Å². The van der Waals surface area contributed by atoms with Crippen LogP contribution in [-0.2, 0) is 18.3 Å². The van der Waals surface area contributed by atoms with Crippen molar-refractivity contribution >= 4 is 13.7 Å². The summed E-state index contributed by atoms with van der Waals surface area (Å²) in [6.07, 6.45) is -0.389. The van der Waals surface area contributed by atoms with Crippen molar-refractivity contribution in [2.24, 2.45) is 0 Å². The largest absolute Gasteiger partial charge is 0.449 e. The lowest BCUT2D eigenvalue weighted by molar-refractivity contribution is 0.139. The van der Waals surface area contributed by atoms with Gasteiger partial charge in [-0.25, -0.2) is 4.79 Å². The fraction of sp³-hybridized carbons (Fsp3) is 0.435. The summed E-state index contributed by atoms with van der Waals surface area (Å²) in [6, 6.07) is 16.2. The lowest BCUT2D eigenvalue weighted by Gasteiger charge is -2.20. The molecule has 0 fully saturated rings. The Morgan fingerprint density at radius 1 is 1.00 bits per heavy atom. The van der Waals surface area contributed by atoms with Crippen molar-refractivity contribution in [3.05, 3.63) is 59.7 Å². The molecule has 0 aromatic heterocycles. The monoisotopic (exact) mass is 446 g/mol. The number of ether oxygens (including phenoxy) is 1. The third-order valence-corrected chi connectivity index (χ3v) is 7.03. The molecule has 1 aliphatic carbocycles. The van der Waals surface area contributed by atoms with E-state index >= 15 is 0 Å². The van der Waals surface area contributed by atoms with Gasteiger partial charge in [0.15, 0.2) is 0 Å². The highest BCUT2D eigenvalue weighted by molar-refractivity contribution is 7.53. The molecule has 31 heavy (non-hydrogen) atoms. The fourth-order valence-electron chi connectivity index (χ4n) is 3.83. The van der Waals surface area contributed by atoms with Crippen LogP contribution < -0.4 is 10.6 Å². The second-order valence-electron chi connectivity index (χ2n) is 7.43. The molecule has 168 valence electrons. The summed E-state index contributed by atoms with van der Waals surface area (Å²) in [5.41, 5.74) is 4.73. The molecule has 2 N–H and O–H groups in total. The number of carbonyl (C=O) groups excluding carboxylic acids is 1. The second-order valence-corrected chi connectivity index (χ2v) is 9.48. The molecule has 0 aliphatic heterocycles. The summed E-state index contributed by atoms with van der Waals surface area (Å²) in [7, 11) is -3.15. The molecule has 3 rings (SSSR count). The van der Waals surface area contributed by atoms with Gasteiger partial charge in [-0.3, -0.25) is 4.57 Å². The predicted octanol–water partition coefficient (Wildman–Crippen LogP) is 4.73. The Bertz CT molecular complexity index is 880. The number of hydrogen-bond acceptors (Lipinski definition) is 6. The number of alkyl carbamates (subject to hydrolysis) is 1. The first kappa shape index (κ1) is 23.5. The minimum absolute atomic E-state index is 0.0230. The second kappa shape index (κ2) is 10.9. The van der Waals surface area contributed by atoms with Gasteiger partial charge in [-0.2, -0.15) is 0 Å². The van der Waals surface area contributed by atoms with E-state index in [1.807, 2.05) is 31.2 Å². The first-order valence-corrected chi connectivity index (χ1v) is 12.4. The molecule has 0 unspecified atom stereocenters. The highest BCUT2D eigenvalue weighted by Crippen LogP contribution is 2.46. The Labute approximate surface area is 184 Å². The molecule has 1 amide bonds. The molecule has 1 aliphatic rings. The summed E-state index contributed by atoms with van der Waals surface area (Å²) >= 11 is 0. The normalized spacial score (nSPS) is 14.0. The van der Waals surface area contributed by atoms with Gasteiger partial charge in [-0.05, 0) is 43.0 Å². The zero-order chi connectivity index (χ0) is 22.3. The van der Waals surface area contributed by atoms with Crippen LogP contribution >= 0.6 is 7.60 Å². The summed E-state index contributed by atoms with van der Waals surface area (Å²) in [6.45, 7) is 6.69. The Morgan fingerprint density at radius 3 is 2.10 bits per heavy atom. The molecule has 0 heterocycles. The number of carbonyl (C=O) groups is 1. The SMILES string of the molecule is CCOP(=O)(CNC[C@H](C)NC(=O)OCC1c2ccccc2-c2ccccc21)OCC. The Hall–Kier alpha value is -2.18. The standard InChI is InChI=1S/C23H31N2O5P/c1-4-29-31(27,30-5-2)16-24-14-17(3)25-23(26)28-15-22-20-12-8-6-10-18(20)19-11-7-9-13-21(19)22/h6-13,17,22,24H,4-5,14-16H2,1-3H3,(H,25,26)/t17-/m0/s1. The van der Waals surface area contributed by atoms with Crippen molar-refractivity contribution in [1.29, 1.82) is 0 Å². The summed E-state index contributed by atoms with van der Waals surface area (Å²) in [5.74, 6) is 0.0230. The van der Waals surface area contributed by atoms with Gasteiger partial charge in [0.25, 0.3) is 0 Å². The first-order valence-electron chi connectivity index (χ1n) is 10.7. The van der Waals surface area contributed by atoms with Crippen LogP contribution in [0.3, 0.4) is 0 Å². The zero-order valence-electron chi connectivity index (χ0n) is 18.3. The predicted molar refractivity (Wildman–Crippen MR) is 121 cm³/mol. The van der Waals surface area contributed by atoms with E-state index in [-0.39, 0.29) is 24.9 Å². The minimum atomic E-state index is -3.15. The van der Waals surface area contributed by atoms with Crippen molar-refractivity contribution in [3.8, 4) is 11.1 Å². The average molecular weight is 446 g/mol. The van der Waals surface area contributed by atoms with Gasteiger partial charge in [0.2, 0.25) is 0 Å². The van der Waals surface area contributed by atoms with E-state index in [1.165, 1.54) is 22.3 Å². The molecule has 8 heteroatoms. The lowest BCUT2D eigenvalue weighted by atomic mass is 9.98. The maximum atomic E-state index is 12.4. The van der Waals surface area contributed by atoms with Crippen LogP contribution in [0.25, 0.3) is 11.1 Å². The van der Waals surface area contributed by atoms with Gasteiger partial charge in [0, 0.05) is 18.5 Å². The van der Waals surface area contributed by atoms with Crippen LogP contribution in [0.5, 0.6) is 0 Å². The van der Waals surface area contributed by atoms with Crippen molar-refractivity contribution in [1.82, 2.24) is 10.6 Å². The number of nitrogens with one attached hydrogen (secondary N) is 2. The molecule has 7 nitrogen and oxygen atoms in total. The summed E-state index contributed by atoms with van der Waals surface area (Å²) < 4.78 is 28.5. The number of benzene rings is 2. The van der Waals surface area contributed by atoms with Gasteiger partial charge in [-0.1, -0.05) is 48.5 Å². The highest BCUT2D eigenvalue weighted by atomic mass is 31.2. The van der Waals surface area contributed by atoms with E-state index in [0.717, 1.165) is 0 Å². The molecule has 0 bridgehead atoms. The third kappa shape index (κ3) is 5.95. The molecule has 2 aromatic rings. The summed E-state index contributed by atoms with van der Waals surface area (Å²) in [4.78, 5) is 12.3. The van der Waals surface area contributed by atoms with Crippen LogP contribution in [0.4, 0.5) is 4.79 Å². The maximum absolute atomic E-state index is 12.4. The molecule has 0 spiro atoms. The highest BCUT2D eigenvalue weighted by Gasteiger charge is 2.29. The average Bonchev–Trinajstić information content (AvgIpc) is 3.06. The lowest BCUT2D eigenvalue weighted by Crippen LogP contribution is -2.41. The Kier molecular flexibility index (Phi) is 8.27. The van der Waals surface area contributed by atoms with E-state index in [4.69, 9.17) is 13.8 Å². The molecule has 1 atom stereocenters. The smallest absolute Gasteiger partial charge is 0.407 e.